The fourth-order valence-electron chi connectivity index (χ4n) is 2.66. The molecule has 0 heterocycles. The quantitative estimate of drug-likeness (QED) is 0.311. The van der Waals surface area contributed by atoms with Crippen LogP contribution in [0.2, 0.25) is 10.0 Å². The van der Waals surface area contributed by atoms with Gasteiger partial charge in [0, 0.05) is 26.7 Å². The Labute approximate surface area is 191 Å². The number of carbonyl (C=O) groups is 1. The maximum atomic E-state index is 12.3. The third-order valence-corrected chi connectivity index (χ3v) is 4.86. The molecule has 31 heavy (non-hydrogen) atoms. The van der Waals surface area contributed by atoms with Crippen molar-refractivity contribution in [1.29, 1.82) is 0 Å². The SMILES string of the molecule is CCCOc1ccc(C(=O)N/N=C/c2ccccc2OCc2ccc(Cl)cc2Cl)cc1. The summed E-state index contributed by atoms with van der Waals surface area (Å²) in [5.41, 5.74) is 4.55. The molecule has 3 aromatic rings. The first kappa shape index (κ1) is 22.7. The van der Waals surface area contributed by atoms with E-state index in [-0.39, 0.29) is 12.5 Å². The van der Waals surface area contributed by atoms with E-state index in [4.69, 9.17) is 32.7 Å². The highest BCUT2D eigenvalue weighted by Gasteiger charge is 2.07. The molecule has 7 heteroatoms. The summed E-state index contributed by atoms with van der Waals surface area (Å²) < 4.78 is 11.4. The zero-order valence-corrected chi connectivity index (χ0v) is 18.5. The molecule has 0 spiro atoms. The lowest BCUT2D eigenvalue weighted by molar-refractivity contribution is 0.0955. The van der Waals surface area contributed by atoms with Gasteiger partial charge in [-0.1, -0.05) is 48.3 Å². The highest BCUT2D eigenvalue weighted by atomic mass is 35.5. The monoisotopic (exact) mass is 456 g/mol. The maximum absolute atomic E-state index is 12.3. The molecule has 0 aliphatic carbocycles. The van der Waals surface area contributed by atoms with Crippen LogP contribution in [0.4, 0.5) is 0 Å². The molecule has 0 unspecified atom stereocenters. The molecule has 1 N–H and O–H groups in total. The third kappa shape index (κ3) is 6.74. The van der Waals surface area contributed by atoms with Crippen LogP contribution < -0.4 is 14.9 Å². The van der Waals surface area contributed by atoms with Gasteiger partial charge in [0.05, 0.1) is 12.8 Å². The first-order chi connectivity index (χ1) is 15.1. The van der Waals surface area contributed by atoms with E-state index >= 15 is 0 Å². The largest absolute Gasteiger partial charge is 0.494 e. The van der Waals surface area contributed by atoms with Crippen LogP contribution in [0.15, 0.2) is 71.8 Å². The second-order valence-corrected chi connectivity index (χ2v) is 7.48. The average Bonchev–Trinajstić information content (AvgIpc) is 2.78. The maximum Gasteiger partial charge on any atom is 0.271 e. The van der Waals surface area contributed by atoms with Crippen molar-refractivity contribution in [2.45, 2.75) is 20.0 Å². The Morgan fingerprint density at radius 2 is 1.81 bits per heavy atom. The predicted molar refractivity (Wildman–Crippen MR) is 125 cm³/mol. The molecule has 3 aromatic carbocycles. The second kappa shape index (κ2) is 11.4. The van der Waals surface area contributed by atoms with Gasteiger partial charge < -0.3 is 9.47 Å². The minimum Gasteiger partial charge on any atom is -0.494 e. The first-order valence-corrected chi connectivity index (χ1v) is 10.5. The Hall–Kier alpha value is -3.02. The number of para-hydroxylation sites is 1. The number of hydrazone groups is 1. The number of hydrogen-bond donors (Lipinski definition) is 1. The second-order valence-electron chi connectivity index (χ2n) is 6.63. The van der Waals surface area contributed by atoms with Gasteiger partial charge in [-0.05, 0) is 55.0 Å². The molecule has 0 saturated heterocycles. The van der Waals surface area contributed by atoms with Crippen LogP contribution in [0.3, 0.4) is 0 Å². The fraction of sp³-hybridized carbons (Fsp3) is 0.167. The Morgan fingerprint density at radius 1 is 1.03 bits per heavy atom. The normalized spacial score (nSPS) is 10.8. The van der Waals surface area contributed by atoms with Crippen LogP contribution in [-0.2, 0) is 6.61 Å². The van der Waals surface area contributed by atoms with Crippen LogP contribution in [0, 0.1) is 0 Å². The molecule has 1 amide bonds. The van der Waals surface area contributed by atoms with Gasteiger partial charge in [-0.2, -0.15) is 5.10 Å². The highest BCUT2D eigenvalue weighted by Crippen LogP contribution is 2.24. The van der Waals surface area contributed by atoms with Crippen molar-refractivity contribution in [2.75, 3.05) is 6.61 Å². The summed E-state index contributed by atoms with van der Waals surface area (Å²) in [7, 11) is 0. The molecule has 160 valence electrons. The zero-order chi connectivity index (χ0) is 22.1. The summed E-state index contributed by atoms with van der Waals surface area (Å²) in [4.78, 5) is 12.3. The van der Waals surface area contributed by atoms with E-state index in [0.29, 0.717) is 28.0 Å². The topological polar surface area (TPSA) is 59.9 Å². The van der Waals surface area contributed by atoms with Crippen LogP contribution in [0.25, 0.3) is 0 Å². The summed E-state index contributed by atoms with van der Waals surface area (Å²) in [5, 5.41) is 5.16. The summed E-state index contributed by atoms with van der Waals surface area (Å²) in [5.74, 6) is 1.03. The first-order valence-electron chi connectivity index (χ1n) is 9.79. The molecular formula is C24H22Cl2N2O3. The van der Waals surface area contributed by atoms with Crippen molar-refractivity contribution >= 4 is 35.3 Å². The lowest BCUT2D eigenvalue weighted by Crippen LogP contribution is -2.17. The number of nitrogens with one attached hydrogen (secondary N) is 1. The van der Waals surface area contributed by atoms with Gasteiger partial charge in [0.25, 0.3) is 5.91 Å². The number of nitrogens with zero attached hydrogens (tertiary/aromatic N) is 1. The Bertz CT molecular complexity index is 1050. The number of carbonyl (C=O) groups excluding carboxylic acids is 1. The van der Waals surface area contributed by atoms with Crippen LogP contribution in [-0.4, -0.2) is 18.7 Å². The lowest BCUT2D eigenvalue weighted by atomic mass is 10.2. The fourth-order valence-corrected chi connectivity index (χ4v) is 3.12. The van der Waals surface area contributed by atoms with E-state index in [1.807, 2.05) is 37.3 Å². The van der Waals surface area contributed by atoms with Gasteiger partial charge >= 0.3 is 0 Å². The molecule has 0 fully saturated rings. The number of rotatable bonds is 9. The molecule has 0 radical (unpaired) electrons. The Morgan fingerprint density at radius 3 is 2.55 bits per heavy atom. The number of hydrogen-bond acceptors (Lipinski definition) is 4. The molecular weight excluding hydrogens is 435 g/mol. The molecule has 0 bridgehead atoms. The molecule has 0 aliphatic rings. The van der Waals surface area contributed by atoms with E-state index in [9.17, 15) is 4.79 Å². The van der Waals surface area contributed by atoms with Crippen molar-refractivity contribution in [2.24, 2.45) is 5.10 Å². The Balaban J connectivity index is 1.60. The molecule has 3 rings (SSSR count). The minimum atomic E-state index is -0.315. The molecule has 0 saturated carbocycles. The van der Waals surface area contributed by atoms with Crippen LogP contribution in [0.1, 0.15) is 34.8 Å². The van der Waals surface area contributed by atoms with Crippen molar-refractivity contribution in [3.8, 4) is 11.5 Å². The van der Waals surface area contributed by atoms with Crippen molar-refractivity contribution in [3.63, 3.8) is 0 Å². The van der Waals surface area contributed by atoms with E-state index in [2.05, 4.69) is 10.5 Å². The van der Waals surface area contributed by atoms with Crippen molar-refractivity contribution < 1.29 is 14.3 Å². The smallest absolute Gasteiger partial charge is 0.271 e. The van der Waals surface area contributed by atoms with E-state index in [0.717, 1.165) is 23.3 Å². The van der Waals surface area contributed by atoms with Crippen LogP contribution >= 0.6 is 23.2 Å². The summed E-state index contributed by atoms with van der Waals surface area (Å²) in [6, 6.07) is 19.6. The van der Waals surface area contributed by atoms with Gasteiger partial charge in [-0.25, -0.2) is 5.43 Å². The number of benzene rings is 3. The molecule has 0 aliphatic heterocycles. The van der Waals surface area contributed by atoms with E-state index in [1.165, 1.54) is 6.21 Å². The van der Waals surface area contributed by atoms with Gasteiger partial charge in [0.15, 0.2) is 0 Å². The third-order valence-electron chi connectivity index (χ3n) is 4.28. The molecule has 0 atom stereocenters. The average molecular weight is 457 g/mol. The van der Waals surface area contributed by atoms with Gasteiger partial charge in [0.2, 0.25) is 0 Å². The minimum absolute atomic E-state index is 0.277. The lowest BCUT2D eigenvalue weighted by Gasteiger charge is -2.10. The van der Waals surface area contributed by atoms with E-state index < -0.39 is 0 Å². The highest BCUT2D eigenvalue weighted by molar-refractivity contribution is 6.35. The Kier molecular flexibility index (Phi) is 8.33. The number of halogens is 2. The molecule has 0 aromatic heterocycles. The summed E-state index contributed by atoms with van der Waals surface area (Å²) in [6.07, 6.45) is 2.46. The van der Waals surface area contributed by atoms with E-state index in [1.54, 1.807) is 36.4 Å². The standard InChI is InChI=1S/C24H22Cl2N2O3/c1-2-13-30-21-11-8-17(9-12-21)24(29)28-27-15-18-5-3-4-6-23(18)31-16-19-7-10-20(25)14-22(19)26/h3-12,14-15H,2,13,16H2,1H3,(H,28,29)/b27-15+. The van der Waals surface area contributed by atoms with Gasteiger partial charge in [-0.3, -0.25) is 4.79 Å². The van der Waals surface area contributed by atoms with Crippen molar-refractivity contribution in [3.05, 3.63) is 93.5 Å². The number of amides is 1. The predicted octanol–water partition coefficient (Wildman–Crippen LogP) is 6.13. The van der Waals surface area contributed by atoms with Gasteiger partial charge in [-0.15, -0.1) is 0 Å². The zero-order valence-electron chi connectivity index (χ0n) is 17.0. The number of ether oxygens (including phenoxy) is 2. The van der Waals surface area contributed by atoms with Crippen molar-refractivity contribution in [1.82, 2.24) is 5.43 Å². The van der Waals surface area contributed by atoms with Crippen LogP contribution in [0.5, 0.6) is 11.5 Å². The van der Waals surface area contributed by atoms with Gasteiger partial charge in [0.1, 0.15) is 18.1 Å². The summed E-state index contributed by atoms with van der Waals surface area (Å²) >= 11 is 12.1. The summed E-state index contributed by atoms with van der Waals surface area (Å²) in [6.45, 7) is 2.96. The molecule has 5 nitrogen and oxygen atoms in total.